The van der Waals surface area contributed by atoms with Crippen LogP contribution in [-0.4, -0.2) is 39.3 Å². The lowest BCUT2D eigenvalue weighted by molar-refractivity contribution is -0.145. The molecule has 1 unspecified atom stereocenters. The molecule has 0 bridgehead atoms. The Labute approximate surface area is 107 Å². The van der Waals surface area contributed by atoms with E-state index in [2.05, 4.69) is 10.5 Å². The number of carboxylic acid groups (broad SMARTS) is 2. The summed E-state index contributed by atoms with van der Waals surface area (Å²) in [5, 5.41) is 23.0. The van der Waals surface area contributed by atoms with E-state index in [9.17, 15) is 14.4 Å². The molecule has 1 amide bonds. The van der Waals surface area contributed by atoms with Crippen LogP contribution in [0.1, 0.15) is 41.4 Å². The molecular formula is C11H12N2O6. The standard InChI is InChI=1S/C11H12N2O6/c14-9(15)4-7(11(17)18)12-10(16)6-3-8(19-13-6)5-1-2-5/h3,5,7H,1-2,4H2,(H,12,16)(H,14,15)(H,17,18). The van der Waals surface area contributed by atoms with Crippen molar-refractivity contribution in [3.8, 4) is 0 Å². The van der Waals surface area contributed by atoms with Crippen molar-refractivity contribution in [2.45, 2.75) is 31.2 Å². The van der Waals surface area contributed by atoms with Gasteiger partial charge in [0.15, 0.2) is 5.69 Å². The molecule has 1 aliphatic carbocycles. The van der Waals surface area contributed by atoms with E-state index in [1.807, 2.05) is 0 Å². The van der Waals surface area contributed by atoms with Crippen LogP contribution in [0.4, 0.5) is 0 Å². The second-order valence-corrected chi connectivity index (χ2v) is 4.35. The SMILES string of the molecule is O=C(O)CC(NC(=O)c1cc(C2CC2)on1)C(=O)O. The average molecular weight is 268 g/mol. The van der Waals surface area contributed by atoms with E-state index in [4.69, 9.17) is 14.7 Å². The minimum atomic E-state index is -1.49. The Morgan fingerprint density at radius 2 is 2.11 bits per heavy atom. The van der Waals surface area contributed by atoms with Gasteiger partial charge in [0.1, 0.15) is 11.8 Å². The molecule has 1 atom stereocenters. The molecule has 1 aliphatic rings. The number of amides is 1. The molecule has 102 valence electrons. The zero-order valence-electron chi connectivity index (χ0n) is 9.83. The second-order valence-electron chi connectivity index (χ2n) is 4.35. The summed E-state index contributed by atoms with van der Waals surface area (Å²) < 4.78 is 4.96. The molecule has 0 radical (unpaired) electrons. The zero-order valence-corrected chi connectivity index (χ0v) is 9.83. The summed E-state index contributed by atoms with van der Waals surface area (Å²) in [6.45, 7) is 0. The molecule has 0 aliphatic heterocycles. The minimum absolute atomic E-state index is 0.0430. The number of nitrogens with zero attached hydrogens (tertiary/aromatic N) is 1. The lowest BCUT2D eigenvalue weighted by Crippen LogP contribution is -2.42. The number of aromatic nitrogens is 1. The monoisotopic (exact) mass is 268 g/mol. The summed E-state index contributed by atoms with van der Waals surface area (Å²) in [5.74, 6) is -2.61. The van der Waals surface area contributed by atoms with Crippen LogP contribution >= 0.6 is 0 Å². The van der Waals surface area contributed by atoms with Crippen LogP contribution in [0, 0.1) is 0 Å². The quantitative estimate of drug-likeness (QED) is 0.672. The highest BCUT2D eigenvalue weighted by Gasteiger charge is 2.30. The van der Waals surface area contributed by atoms with E-state index in [1.54, 1.807) is 0 Å². The number of carboxylic acids is 2. The predicted molar refractivity (Wildman–Crippen MR) is 59.6 cm³/mol. The Kier molecular flexibility index (Phi) is 3.50. The van der Waals surface area contributed by atoms with Gasteiger partial charge < -0.3 is 20.1 Å². The molecule has 1 aromatic heterocycles. The van der Waals surface area contributed by atoms with Crippen LogP contribution < -0.4 is 5.32 Å². The van der Waals surface area contributed by atoms with Gasteiger partial charge in [-0.3, -0.25) is 9.59 Å². The molecule has 1 aromatic rings. The van der Waals surface area contributed by atoms with E-state index in [0.29, 0.717) is 5.76 Å². The van der Waals surface area contributed by atoms with Gasteiger partial charge in [0.05, 0.1) is 6.42 Å². The minimum Gasteiger partial charge on any atom is -0.481 e. The lowest BCUT2D eigenvalue weighted by atomic mass is 10.2. The van der Waals surface area contributed by atoms with Gasteiger partial charge in [-0.1, -0.05) is 5.16 Å². The summed E-state index contributed by atoms with van der Waals surface area (Å²) in [6, 6.07) is -0.0433. The first-order chi connectivity index (χ1) is 8.97. The molecule has 1 saturated carbocycles. The third-order valence-corrected chi connectivity index (χ3v) is 2.72. The predicted octanol–water partition coefficient (Wildman–Crippen LogP) is 0.210. The molecule has 2 rings (SSSR count). The Morgan fingerprint density at radius 1 is 1.42 bits per heavy atom. The van der Waals surface area contributed by atoms with Gasteiger partial charge in [0.25, 0.3) is 5.91 Å². The van der Waals surface area contributed by atoms with E-state index < -0.39 is 30.3 Å². The summed E-state index contributed by atoms with van der Waals surface area (Å²) in [5.41, 5.74) is -0.0430. The van der Waals surface area contributed by atoms with Crippen molar-refractivity contribution < 1.29 is 29.1 Å². The largest absolute Gasteiger partial charge is 0.481 e. The van der Waals surface area contributed by atoms with Gasteiger partial charge in [-0.05, 0) is 12.8 Å². The first kappa shape index (κ1) is 13.1. The van der Waals surface area contributed by atoms with Crippen LogP contribution in [-0.2, 0) is 9.59 Å². The van der Waals surface area contributed by atoms with Crippen LogP contribution in [0.25, 0.3) is 0 Å². The molecule has 3 N–H and O–H groups in total. The summed E-state index contributed by atoms with van der Waals surface area (Å²) >= 11 is 0. The van der Waals surface area contributed by atoms with Crippen molar-refractivity contribution in [1.82, 2.24) is 10.5 Å². The summed E-state index contributed by atoms with van der Waals surface area (Å²) in [4.78, 5) is 33.0. The average Bonchev–Trinajstić information content (AvgIpc) is 3.05. The maximum absolute atomic E-state index is 11.7. The topological polar surface area (TPSA) is 130 Å². The molecule has 0 aromatic carbocycles. The van der Waals surface area contributed by atoms with Crippen LogP contribution in [0.3, 0.4) is 0 Å². The van der Waals surface area contributed by atoms with Gasteiger partial charge in [0, 0.05) is 12.0 Å². The molecule has 1 heterocycles. The van der Waals surface area contributed by atoms with Crippen molar-refractivity contribution in [2.75, 3.05) is 0 Å². The summed E-state index contributed by atoms with van der Waals surface area (Å²) in [7, 11) is 0. The van der Waals surface area contributed by atoms with E-state index in [-0.39, 0.29) is 11.6 Å². The van der Waals surface area contributed by atoms with Crippen LogP contribution in [0.5, 0.6) is 0 Å². The molecule has 8 nitrogen and oxygen atoms in total. The van der Waals surface area contributed by atoms with E-state index in [1.165, 1.54) is 6.07 Å². The lowest BCUT2D eigenvalue weighted by Gasteiger charge is -2.10. The molecule has 0 saturated heterocycles. The maximum atomic E-state index is 11.7. The van der Waals surface area contributed by atoms with Gasteiger partial charge in [-0.15, -0.1) is 0 Å². The highest BCUT2D eigenvalue weighted by Crippen LogP contribution is 2.40. The third-order valence-electron chi connectivity index (χ3n) is 2.72. The maximum Gasteiger partial charge on any atom is 0.326 e. The first-order valence-electron chi connectivity index (χ1n) is 5.69. The van der Waals surface area contributed by atoms with Gasteiger partial charge in [-0.25, -0.2) is 4.79 Å². The van der Waals surface area contributed by atoms with Crippen molar-refractivity contribution in [3.05, 3.63) is 17.5 Å². The first-order valence-corrected chi connectivity index (χ1v) is 5.69. The van der Waals surface area contributed by atoms with Crippen LogP contribution in [0.2, 0.25) is 0 Å². The van der Waals surface area contributed by atoms with Crippen molar-refractivity contribution in [3.63, 3.8) is 0 Å². The van der Waals surface area contributed by atoms with Crippen LogP contribution in [0.15, 0.2) is 10.6 Å². The van der Waals surface area contributed by atoms with Crippen molar-refractivity contribution >= 4 is 17.8 Å². The fourth-order valence-corrected chi connectivity index (χ4v) is 1.56. The number of hydrogen-bond donors (Lipinski definition) is 3. The second kappa shape index (κ2) is 5.09. The molecule has 0 spiro atoms. The van der Waals surface area contributed by atoms with Gasteiger partial charge >= 0.3 is 11.9 Å². The van der Waals surface area contributed by atoms with Gasteiger partial charge in [0.2, 0.25) is 0 Å². The molecule has 8 heteroatoms. The summed E-state index contributed by atoms with van der Waals surface area (Å²) in [6.07, 6.45) is 1.26. The van der Waals surface area contributed by atoms with Crippen molar-refractivity contribution in [1.29, 1.82) is 0 Å². The highest BCUT2D eigenvalue weighted by molar-refractivity contribution is 5.95. The normalized spacial score (nSPS) is 15.8. The van der Waals surface area contributed by atoms with E-state index >= 15 is 0 Å². The highest BCUT2D eigenvalue weighted by atomic mass is 16.5. The Hall–Kier alpha value is -2.38. The number of hydrogen-bond acceptors (Lipinski definition) is 5. The smallest absolute Gasteiger partial charge is 0.326 e. The number of rotatable bonds is 6. The fraction of sp³-hybridized carbons (Fsp3) is 0.455. The Bertz CT molecular complexity index is 519. The number of carbonyl (C=O) groups is 3. The molecular weight excluding hydrogens is 256 g/mol. The Morgan fingerprint density at radius 3 is 2.63 bits per heavy atom. The molecule has 19 heavy (non-hydrogen) atoms. The van der Waals surface area contributed by atoms with E-state index in [0.717, 1.165) is 12.8 Å². The van der Waals surface area contributed by atoms with Gasteiger partial charge in [-0.2, -0.15) is 0 Å². The number of carbonyl (C=O) groups excluding carboxylic acids is 1. The third kappa shape index (κ3) is 3.30. The zero-order chi connectivity index (χ0) is 14.0. The van der Waals surface area contributed by atoms with Crippen molar-refractivity contribution in [2.24, 2.45) is 0 Å². The number of nitrogens with one attached hydrogen (secondary N) is 1. The molecule has 1 fully saturated rings. The Balaban J connectivity index is 2.00. The fourth-order valence-electron chi connectivity index (χ4n) is 1.56. The number of aliphatic carboxylic acids is 2.